The van der Waals surface area contributed by atoms with Crippen LogP contribution in [0.25, 0.3) is 0 Å². The molecule has 2 heterocycles. The van der Waals surface area contributed by atoms with Crippen LogP contribution in [-0.2, 0) is 16.1 Å². The highest BCUT2D eigenvalue weighted by molar-refractivity contribution is 7.12. The maximum absolute atomic E-state index is 14.9. The van der Waals surface area contributed by atoms with Crippen molar-refractivity contribution in [2.45, 2.75) is 44.3 Å². The molecule has 2 N–H and O–H groups in total. The average Bonchev–Trinajstić information content (AvgIpc) is 3.62. The number of hydrogen-bond acceptors (Lipinski definition) is 5. The monoisotopic (exact) mass is 499 g/mol. The average molecular weight is 500 g/mol. The van der Waals surface area contributed by atoms with Gasteiger partial charge in [-0.25, -0.2) is 4.39 Å². The van der Waals surface area contributed by atoms with Crippen LogP contribution in [0.1, 0.15) is 51.8 Å². The second-order valence-corrected chi connectivity index (χ2v) is 10.2. The van der Waals surface area contributed by atoms with Gasteiger partial charge in [-0.1, -0.05) is 43.2 Å². The second-order valence-electron chi connectivity index (χ2n) is 8.18. The molecule has 4 rings (SSSR count). The maximum atomic E-state index is 14.9. The smallest absolute Gasteiger partial charge is 0.261 e. The molecule has 0 aliphatic heterocycles. The van der Waals surface area contributed by atoms with Crippen LogP contribution in [0, 0.1) is 5.82 Å². The normalized spacial score (nSPS) is 14.5. The van der Waals surface area contributed by atoms with Crippen molar-refractivity contribution in [2.24, 2.45) is 0 Å². The molecule has 3 amide bonds. The Bertz CT molecular complexity index is 1110. The van der Waals surface area contributed by atoms with Gasteiger partial charge in [0.2, 0.25) is 11.8 Å². The van der Waals surface area contributed by atoms with Crippen molar-refractivity contribution in [3.63, 3.8) is 0 Å². The van der Waals surface area contributed by atoms with E-state index in [1.807, 2.05) is 17.5 Å². The molecule has 2 aromatic heterocycles. The Morgan fingerprint density at radius 3 is 2.41 bits per heavy atom. The van der Waals surface area contributed by atoms with Crippen molar-refractivity contribution in [3.8, 4) is 0 Å². The van der Waals surface area contributed by atoms with E-state index in [1.54, 1.807) is 29.6 Å². The predicted molar refractivity (Wildman–Crippen MR) is 131 cm³/mol. The van der Waals surface area contributed by atoms with E-state index in [-0.39, 0.29) is 30.6 Å². The summed E-state index contributed by atoms with van der Waals surface area (Å²) in [5, 5.41) is 9.32. The maximum Gasteiger partial charge on any atom is 0.261 e. The Kier molecular flexibility index (Phi) is 8.08. The number of rotatable bonds is 9. The molecule has 0 radical (unpaired) electrons. The van der Waals surface area contributed by atoms with Crippen LogP contribution in [0.4, 0.5) is 4.39 Å². The number of carbonyl (C=O) groups is 3. The van der Waals surface area contributed by atoms with Gasteiger partial charge < -0.3 is 15.5 Å². The Labute approximate surface area is 205 Å². The fourth-order valence-corrected chi connectivity index (χ4v) is 5.49. The molecule has 178 valence electrons. The van der Waals surface area contributed by atoms with Gasteiger partial charge in [-0.05, 0) is 41.8 Å². The topological polar surface area (TPSA) is 78.5 Å². The van der Waals surface area contributed by atoms with Gasteiger partial charge in [0.15, 0.2) is 0 Å². The van der Waals surface area contributed by atoms with Crippen molar-refractivity contribution >= 4 is 40.4 Å². The van der Waals surface area contributed by atoms with E-state index in [9.17, 15) is 18.8 Å². The number of nitrogens with zero attached hydrogens (tertiary/aromatic N) is 1. The SMILES string of the molecule is O=C(NCC(=O)N(Cc1cccs1)[C@H](C(=O)NC1CCCC1)c1ccccc1F)c1cccs1. The van der Waals surface area contributed by atoms with Gasteiger partial charge in [-0.2, -0.15) is 0 Å². The first-order valence-corrected chi connectivity index (χ1v) is 13.0. The molecule has 3 aromatic rings. The van der Waals surface area contributed by atoms with Crippen molar-refractivity contribution in [2.75, 3.05) is 6.54 Å². The summed E-state index contributed by atoms with van der Waals surface area (Å²) in [6, 6.07) is 12.0. The zero-order valence-corrected chi connectivity index (χ0v) is 20.2. The lowest BCUT2D eigenvalue weighted by Crippen LogP contribution is -2.48. The zero-order chi connectivity index (χ0) is 23.9. The molecule has 1 atom stereocenters. The van der Waals surface area contributed by atoms with Crippen LogP contribution in [0.5, 0.6) is 0 Å². The summed E-state index contributed by atoms with van der Waals surface area (Å²) in [7, 11) is 0. The van der Waals surface area contributed by atoms with Crippen LogP contribution in [-0.4, -0.2) is 35.2 Å². The number of nitrogens with one attached hydrogen (secondary N) is 2. The molecule has 34 heavy (non-hydrogen) atoms. The first kappa shape index (κ1) is 24.1. The van der Waals surface area contributed by atoms with E-state index >= 15 is 0 Å². The Hall–Kier alpha value is -3.04. The van der Waals surface area contributed by atoms with Gasteiger partial charge in [0, 0.05) is 16.5 Å². The van der Waals surface area contributed by atoms with Crippen molar-refractivity contribution in [1.29, 1.82) is 0 Å². The minimum Gasteiger partial charge on any atom is -0.351 e. The van der Waals surface area contributed by atoms with Gasteiger partial charge in [-0.15, -0.1) is 22.7 Å². The van der Waals surface area contributed by atoms with Crippen molar-refractivity contribution in [1.82, 2.24) is 15.5 Å². The lowest BCUT2D eigenvalue weighted by molar-refractivity contribution is -0.141. The Morgan fingerprint density at radius 2 is 1.74 bits per heavy atom. The molecule has 1 fully saturated rings. The van der Waals surface area contributed by atoms with Crippen molar-refractivity contribution < 1.29 is 18.8 Å². The highest BCUT2D eigenvalue weighted by atomic mass is 32.1. The van der Waals surface area contributed by atoms with E-state index in [1.165, 1.54) is 39.7 Å². The zero-order valence-electron chi connectivity index (χ0n) is 18.5. The van der Waals surface area contributed by atoms with E-state index < -0.39 is 23.7 Å². The third-order valence-electron chi connectivity index (χ3n) is 5.83. The third kappa shape index (κ3) is 5.90. The summed E-state index contributed by atoms with van der Waals surface area (Å²) in [5.74, 6) is -1.79. The van der Waals surface area contributed by atoms with Crippen LogP contribution < -0.4 is 10.6 Å². The minimum atomic E-state index is -1.16. The highest BCUT2D eigenvalue weighted by Gasteiger charge is 2.35. The number of carbonyl (C=O) groups excluding carboxylic acids is 3. The minimum absolute atomic E-state index is 0.0130. The van der Waals surface area contributed by atoms with Crippen LogP contribution >= 0.6 is 22.7 Å². The molecule has 0 spiro atoms. The van der Waals surface area contributed by atoms with E-state index in [0.29, 0.717) is 4.88 Å². The lowest BCUT2D eigenvalue weighted by Gasteiger charge is -2.32. The Morgan fingerprint density at radius 1 is 1.00 bits per heavy atom. The fraction of sp³-hybridized carbons (Fsp3) is 0.320. The largest absolute Gasteiger partial charge is 0.351 e. The molecule has 1 aliphatic carbocycles. The molecule has 1 aliphatic rings. The lowest BCUT2D eigenvalue weighted by atomic mass is 10.0. The number of hydrogen-bond donors (Lipinski definition) is 2. The van der Waals surface area contributed by atoms with Gasteiger partial charge in [0.1, 0.15) is 11.9 Å². The number of thiophene rings is 2. The second kappa shape index (κ2) is 11.4. The van der Waals surface area contributed by atoms with Gasteiger partial charge >= 0.3 is 0 Å². The molecule has 1 saturated carbocycles. The fourth-order valence-electron chi connectivity index (χ4n) is 4.14. The molecule has 0 bridgehead atoms. The van der Waals surface area contributed by atoms with Crippen molar-refractivity contribution in [3.05, 3.63) is 80.4 Å². The molecular formula is C25H26FN3O3S2. The summed E-state index contributed by atoms with van der Waals surface area (Å²) in [4.78, 5) is 42.0. The molecule has 9 heteroatoms. The highest BCUT2D eigenvalue weighted by Crippen LogP contribution is 2.28. The molecule has 6 nitrogen and oxygen atoms in total. The van der Waals surface area contributed by atoms with Gasteiger partial charge in [0.25, 0.3) is 5.91 Å². The first-order valence-electron chi connectivity index (χ1n) is 11.2. The van der Waals surface area contributed by atoms with E-state index in [0.717, 1.165) is 30.6 Å². The summed E-state index contributed by atoms with van der Waals surface area (Å²) in [5.41, 5.74) is 0.132. The molecule has 0 unspecified atom stereocenters. The number of amides is 3. The van der Waals surface area contributed by atoms with Crippen LogP contribution in [0.15, 0.2) is 59.3 Å². The number of benzene rings is 1. The van der Waals surface area contributed by atoms with Crippen LogP contribution in [0.2, 0.25) is 0 Å². The van der Waals surface area contributed by atoms with E-state index in [4.69, 9.17) is 0 Å². The molecular weight excluding hydrogens is 473 g/mol. The first-order chi connectivity index (χ1) is 16.5. The Balaban J connectivity index is 1.62. The third-order valence-corrected chi connectivity index (χ3v) is 7.56. The molecule has 1 aromatic carbocycles. The summed E-state index contributed by atoms with van der Waals surface area (Å²) in [6.07, 6.45) is 3.79. The summed E-state index contributed by atoms with van der Waals surface area (Å²) in [6.45, 7) is -0.174. The predicted octanol–water partition coefficient (Wildman–Crippen LogP) is 4.51. The quantitative estimate of drug-likeness (QED) is 0.455. The number of halogens is 1. The summed E-state index contributed by atoms with van der Waals surface area (Å²) >= 11 is 2.72. The standard InChI is InChI=1S/C25H26FN3O3S2/c26-20-11-4-3-10-19(20)23(25(32)28-17-7-1-2-8-17)29(16-18-9-5-13-33-18)22(30)15-27-24(31)21-12-6-14-34-21/h3-6,9-14,17,23H,1-2,7-8,15-16H2,(H,27,31)(H,28,32)/t23-/m0/s1. The van der Waals surface area contributed by atoms with Gasteiger partial charge in [-0.3, -0.25) is 14.4 Å². The van der Waals surface area contributed by atoms with Gasteiger partial charge in [0.05, 0.1) is 18.0 Å². The van der Waals surface area contributed by atoms with Crippen LogP contribution in [0.3, 0.4) is 0 Å². The van der Waals surface area contributed by atoms with E-state index in [2.05, 4.69) is 10.6 Å². The molecule has 0 saturated heterocycles. The summed E-state index contributed by atoms with van der Waals surface area (Å²) < 4.78 is 14.9.